The Bertz CT molecular complexity index is 498. The van der Waals surface area contributed by atoms with Gasteiger partial charge in [0.25, 0.3) is 0 Å². The molecular weight excluding hydrogens is 254 g/mol. The fourth-order valence-corrected chi connectivity index (χ4v) is 4.05. The molecule has 1 N–H and O–H groups in total. The van der Waals surface area contributed by atoms with Gasteiger partial charge in [-0.1, -0.05) is 0 Å². The number of rotatable bonds is 3. The molecular formula is C11H19N3O3S. The Hall–Kier alpha value is -0.920. The molecule has 0 atom stereocenters. The third-order valence-corrected chi connectivity index (χ3v) is 5.58. The summed E-state index contributed by atoms with van der Waals surface area (Å²) in [6.07, 6.45) is 1.48. The van der Waals surface area contributed by atoms with E-state index in [2.05, 4.69) is 10.2 Å². The van der Waals surface area contributed by atoms with Crippen LogP contribution >= 0.6 is 0 Å². The number of ether oxygens (including phenoxy) is 1. The molecule has 0 saturated carbocycles. The second-order valence-electron chi connectivity index (χ2n) is 4.63. The van der Waals surface area contributed by atoms with Gasteiger partial charge < -0.3 is 4.74 Å². The van der Waals surface area contributed by atoms with Crippen molar-refractivity contribution < 1.29 is 13.2 Å². The highest BCUT2D eigenvalue weighted by atomic mass is 32.2. The number of aromatic amines is 1. The minimum absolute atomic E-state index is 0.0115. The van der Waals surface area contributed by atoms with Crippen LogP contribution in [0.5, 0.6) is 0 Å². The topological polar surface area (TPSA) is 75.3 Å². The highest BCUT2D eigenvalue weighted by Gasteiger charge is 2.32. The normalized spacial score (nSPS) is 18.4. The molecule has 0 radical (unpaired) electrons. The number of nitrogens with one attached hydrogen (secondary N) is 1. The van der Waals surface area contributed by atoms with Gasteiger partial charge in [0.2, 0.25) is 10.0 Å². The van der Waals surface area contributed by atoms with E-state index < -0.39 is 10.0 Å². The monoisotopic (exact) mass is 273 g/mol. The maximum atomic E-state index is 12.6. The van der Waals surface area contributed by atoms with Crippen LogP contribution in [0.25, 0.3) is 0 Å². The van der Waals surface area contributed by atoms with Crippen molar-refractivity contribution in [3.8, 4) is 0 Å². The number of hydrogen-bond donors (Lipinski definition) is 1. The van der Waals surface area contributed by atoms with Crippen LogP contribution in [-0.4, -0.2) is 49.2 Å². The summed E-state index contributed by atoms with van der Waals surface area (Å²) in [4.78, 5) is 0.302. The number of H-pyrrole nitrogens is 1. The lowest BCUT2D eigenvalue weighted by Gasteiger charge is -2.30. The first-order chi connectivity index (χ1) is 8.44. The Morgan fingerprint density at radius 2 is 1.94 bits per heavy atom. The molecule has 1 aromatic heterocycles. The first kappa shape index (κ1) is 13.5. The Morgan fingerprint density at radius 3 is 2.44 bits per heavy atom. The van der Waals surface area contributed by atoms with E-state index in [1.807, 2.05) is 0 Å². The first-order valence-corrected chi connectivity index (χ1v) is 7.46. The van der Waals surface area contributed by atoms with Gasteiger partial charge in [0, 0.05) is 26.3 Å². The summed E-state index contributed by atoms with van der Waals surface area (Å²) >= 11 is 0. The number of sulfonamides is 1. The van der Waals surface area contributed by atoms with Crippen LogP contribution in [0.1, 0.15) is 24.2 Å². The summed E-state index contributed by atoms with van der Waals surface area (Å²) in [6, 6.07) is 0.0115. The van der Waals surface area contributed by atoms with Gasteiger partial charge in [-0.05, 0) is 26.7 Å². The van der Waals surface area contributed by atoms with Crippen molar-refractivity contribution in [2.45, 2.75) is 37.6 Å². The van der Waals surface area contributed by atoms with Crippen LogP contribution in [0.15, 0.2) is 4.90 Å². The van der Waals surface area contributed by atoms with Crippen LogP contribution < -0.4 is 0 Å². The van der Waals surface area contributed by atoms with Gasteiger partial charge in [0.05, 0.1) is 11.4 Å². The second kappa shape index (κ2) is 4.99. The molecule has 0 aliphatic carbocycles. The molecule has 7 heteroatoms. The highest BCUT2D eigenvalue weighted by molar-refractivity contribution is 7.89. The van der Waals surface area contributed by atoms with Gasteiger partial charge in [-0.2, -0.15) is 9.40 Å². The van der Waals surface area contributed by atoms with Crippen molar-refractivity contribution in [2.75, 3.05) is 20.3 Å². The van der Waals surface area contributed by atoms with E-state index >= 15 is 0 Å². The Kier molecular flexibility index (Phi) is 3.74. The molecule has 0 bridgehead atoms. The maximum Gasteiger partial charge on any atom is 0.246 e. The SMILES string of the molecule is Cc1n[nH]c(C)c1S(=O)(=O)N(C)C1CCOCC1. The number of nitrogens with zero attached hydrogens (tertiary/aromatic N) is 2. The standard InChI is InChI=1S/C11H19N3O3S/c1-8-11(9(2)13-12-8)18(15,16)14(3)10-4-6-17-7-5-10/h10H,4-7H2,1-3H3,(H,12,13). The molecule has 1 aliphatic rings. The molecule has 1 saturated heterocycles. The lowest BCUT2D eigenvalue weighted by atomic mass is 10.1. The molecule has 0 amide bonds. The van der Waals surface area contributed by atoms with Crippen molar-refractivity contribution in [3.63, 3.8) is 0 Å². The van der Waals surface area contributed by atoms with Gasteiger partial charge in [-0.3, -0.25) is 5.10 Å². The maximum absolute atomic E-state index is 12.6. The minimum atomic E-state index is -3.47. The van der Waals surface area contributed by atoms with Gasteiger partial charge in [0.1, 0.15) is 4.90 Å². The van der Waals surface area contributed by atoms with E-state index in [1.54, 1.807) is 20.9 Å². The molecule has 1 aliphatic heterocycles. The summed E-state index contributed by atoms with van der Waals surface area (Å²) in [5.74, 6) is 0. The van der Waals surface area contributed by atoms with Crippen molar-refractivity contribution >= 4 is 10.0 Å². The summed E-state index contributed by atoms with van der Waals surface area (Å²) in [5, 5.41) is 6.67. The molecule has 102 valence electrons. The molecule has 18 heavy (non-hydrogen) atoms. The molecule has 0 aromatic carbocycles. The molecule has 0 unspecified atom stereocenters. The number of aryl methyl sites for hydroxylation is 2. The average molecular weight is 273 g/mol. The molecule has 1 aromatic rings. The fraction of sp³-hybridized carbons (Fsp3) is 0.727. The van der Waals surface area contributed by atoms with Gasteiger partial charge in [0.15, 0.2) is 0 Å². The molecule has 1 fully saturated rings. The van der Waals surface area contributed by atoms with Crippen LogP contribution in [-0.2, 0) is 14.8 Å². The van der Waals surface area contributed by atoms with E-state index in [1.165, 1.54) is 4.31 Å². The van der Waals surface area contributed by atoms with Crippen molar-refractivity contribution in [3.05, 3.63) is 11.4 Å². The van der Waals surface area contributed by atoms with Gasteiger partial charge in [-0.15, -0.1) is 0 Å². The zero-order valence-corrected chi connectivity index (χ0v) is 11.7. The van der Waals surface area contributed by atoms with Gasteiger partial charge in [-0.25, -0.2) is 8.42 Å². The number of hydrogen-bond acceptors (Lipinski definition) is 4. The largest absolute Gasteiger partial charge is 0.381 e. The number of aromatic nitrogens is 2. The van der Waals surface area contributed by atoms with E-state index in [-0.39, 0.29) is 6.04 Å². The van der Waals surface area contributed by atoms with Crippen LogP contribution in [0.4, 0.5) is 0 Å². The predicted molar refractivity (Wildman–Crippen MR) is 66.9 cm³/mol. The predicted octanol–water partition coefficient (Wildman–Crippen LogP) is 0.826. The Balaban J connectivity index is 2.30. The van der Waals surface area contributed by atoms with E-state index in [0.717, 1.165) is 12.8 Å². The Labute approximate surface area is 107 Å². The van der Waals surface area contributed by atoms with Crippen molar-refractivity contribution in [1.29, 1.82) is 0 Å². The smallest absolute Gasteiger partial charge is 0.246 e. The second-order valence-corrected chi connectivity index (χ2v) is 6.56. The lowest BCUT2D eigenvalue weighted by Crippen LogP contribution is -2.40. The van der Waals surface area contributed by atoms with Crippen LogP contribution in [0.3, 0.4) is 0 Å². The average Bonchev–Trinajstić information content (AvgIpc) is 2.69. The van der Waals surface area contributed by atoms with Crippen molar-refractivity contribution in [1.82, 2.24) is 14.5 Å². The van der Waals surface area contributed by atoms with E-state index in [0.29, 0.717) is 29.5 Å². The lowest BCUT2D eigenvalue weighted by molar-refractivity contribution is 0.0632. The quantitative estimate of drug-likeness (QED) is 0.885. The summed E-state index contributed by atoms with van der Waals surface area (Å²) in [6.45, 7) is 4.67. The first-order valence-electron chi connectivity index (χ1n) is 6.02. The molecule has 0 spiro atoms. The fourth-order valence-electron chi connectivity index (χ4n) is 2.31. The highest BCUT2D eigenvalue weighted by Crippen LogP contribution is 2.25. The van der Waals surface area contributed by atoms with Crippen molar-refractivity contribution in [2.24, 2.45) is 0 Å². The van der Waals surface area contributed by atoms with E-state index in [4.69, 9.17) is 4.74 Å². The summed E-state index contributed by atoms with van der Waals surface area (Å²) in [7, 11) is -1.84. The Morgan fingerprint density at radius 1 is 1.33 bits per heavy atom. The summed E-state index contributed by atoms with van der Waals surface area (Å²) < 4.78 is 31.8. The summed E-state index contributed by atoms with van der Waals surface area (Å²) in [5.41, 5.74) is 1.11. The van der Waals surface area contributed by atoms with Gasteiger partial charge >= 0.3 is 0 Å². The molecule has 2 heterocycles. The van der Waals surface area contributed by atoms with E-state index in [9.17, 15) is 8.42 Å². The van der Waals surface area contributed by atoms with Crippen LogP contribution in [0.2, 0.25) is 0 Å². The van der Waals surface area contributed by atoms with Crippen LogP contribution in [0, 0.1) is 13.8 Å². The third-order valence-electron chi connectivity index (χ3n) is 3.40. The third kappa shape index (κ3) is 2.30. The zero-order chi connectivity index (χ0) is 13.3. The molecule has 6 nitrogen and oxygen atoms in total. The zero-order valence-electron chi connectivity index (χ0n) is 10.9. The minimum Gasteiger partial charge on any atom is -0.381 e. The molecule has 2 rings (SSSR count).